The summed E-state index contributed by atoms with van der Waals surface area (Å²) in [5, 5.41) is 6.50. The first-order chi connectivity index (χ1) is 11.7. The number of methoxy groups -OCH3 is 2. The van der Waals surface area contributed by atoms with Crippen molar-refractivity contribution < 1.29 is 9.47 Å². The molecule has 0 atom stereocenters. The number of aliphatic imine (C=N–C) groups is 1. The zero-order chi connectivity index (χ0) is 17.4. The molecule has 0 saturated heterocycles. The predicted octanol–water partition coefficient (Wildman–Crippen LogP) is 2.73. The average molecular weight is 393 g/mol. The van der Waals surface area contributed by atoms with E-state index in [1.54, 1.807) is 27.5 Å². The van der Waals surface area contributed by atoms with Crippen LogP contribution in [0.25, 0.3) is 0 Å². The summed E-state index contributed by atoms with van der Waals surface area (Å²) in [6, 6.07) is 9.74. The number of rotatable bonds is 6. The summed E-state index contributed by atoms with van der Waals surface area (Å²) in [7, 11) is 4.97. The molecule has 24 heavy (non-hydrogen) atoms. The van der Waals surface area contributed by atoms with E-state index in [0.717, 1.165) is 15.7 Å². The van der Waals surface area contributed by atoms with E-state index in [9.17, 15) is 0 Å². The molecule has 0 bridgehead atoms. The maximum atomic E-state index is 5.36. The summed E-state index contributed by atoms with van der Waals surface area (Å²) in [5.41, 5.74) is 2.00. The quantitative estimate of drug-likeness (QED) is 0.584. The number of halogens is 1. The van der Waals surface area contributed by atoms with Gasteiger partial charge < -0.3 is 20.1 Å². The van der Waals surface area contributed by atoms with Gasteiger partial charge in [-0.2, -0.15) is 0 Å². The van der Waals surface area contributed by atoms with E-state index in [1.807, 2.05) is 30.3 Å². The van der Waals surface area contributed by atoms with Crippen molar-refractivity contribution in [1.29, 1.82) is 0 Å². The van der Waals surface area contributed by atoms with Crippen LogP contribution in [0, 0.1) is 0 Å². The molecule has 0 radical (unpaired) electrons. The van der Waals surface area contributed by atoms with Crippen molar-refractivity contribution in [2.75, 3.05) is 21.3 Å². The minimum atomic E-state index is 0.598. The molecule has 0 aliphatic rings. The number of nitrogens with zero attached hydrogens (tertiary/aromatic N) is 2. The van der Waals surface area contributed by atoms with E-state index in [4.69, 9.17) is 9.47 Å². The van der Waals surface area contributed by atoms with Gasteiger partial charge in [-0.15, -0.1) is 0 Å². The van der Waals surface area contributed by atoms with Crippen molar-refractivity contribution in [1.82, 2.24) is 15.6 Å². The van der Waals surface area contributed by atoms with Gasteiger partial charge in [-0.3, -0.25) is 9.98 Å². The van der Waals surface area contributed by atoms with E-state index in [0.29, 0.717) is 30.5 Å². The van der Waals surface area contributed by atoms with Gasteiger partial charge in [0, 0.05) is 19.8 Å². The van der Waals surface area contributed by atoms with Crippen LogP contribution in [0.2, 0.25) is 0 Å². The van der Waals surface area contributed by atoms with Crippen LogP contribution in [0.1, 0.15) is 11.3 Å². The lowest BCUT2D eigenvalue weighted by molar-refractivity contribution is 0.352. The van der Waals surface area contributed by atoms with Crippen molar-refractivity contribution in [3.05, 3.63) is 52.3 Å². The largest absolute Gasteiger partial charge is 0.493 e. The summed E-state index contributed by atoms with van der Waals surface area (Å²) in [4.78, 5) is 8.49. The molecule has 0 aliphatic heterocycles. The monoisotopic (exact) mass is 392 g/mol. The molecular formula is C17H21BrN4O2. The first kappa shape index (κ1) is 18.1. The minimum absolute atomic E-state index is 0.598. The molecule has 0 amide bonds. The molecule has 7 heteroatoms. The molecule has 6 nitrogen and oxygen atoms in total. The third kappa shape index (κ3) is 4.86. The molecule has 0 spiro atoms. The van der Waals surface area contributed by atoms with Gasteiger partial charge in [0.2, 0.25) is 0 Å². The third-order valence-corrected chi connectivity index (χ3v) is 3.93. The van der Waals surface area contributed by atoms with E-state index in [1.165, 1.54) is 0 Å². The Balaban J connectivity index is 1.97. The second-order valence-electron chi connectivity index (χ2n) is 4.91. The average Bonchev–Trinajstić information content (AvgIpc) is 2.62. The zero-order valence-corrected chi connectivity index (χ0v) is 15.6. The summed E-state index contributed by atoms with van der Waals surface area (Å²) in [5.74, 6) is 2.06. The van der Waals surface area contributed by atoms with Gasteiger partial charge in [-0.25, -0.2) is 0 Å². The Kier molecular flexibility index (Phi) is 6.87. The zero-order valence-electron chi connectivity index (χ0n) is 14.0. The lowest BCUT2D eigenvalue weighted by Crippen LogP contribution is -2.36. The fourth-order valence-electron chi connectivity index (χ4n) is 2.16. The van der Waals surface area contributed by atoms with Gasteiger partial charge in [0.05, 0.1) is 30.9 Å². The van der Waals surface area contributed by atoms with E-state index >= 15 is 0 Å². The molecule has 2 aromatic rings. The topological polar surface area (TPSA) is 67.8 Å². The van der Waals surface area contributed by atoms with Crippen LogP contribution in [-0.4, -0.2) is 32.2 Å². The lowest BCUT2D eigenvalue weighted by atomic mass is 10.2. The Morgan fingerprint density at radius 2 is 1.96 bits per heavy atom. The fourth-order valence-corrected chi connectivity index (χ4v) is 2.81. The van der Waals surface area contributed by atoms with Crippen LogP contribution >= 0.6 is 15.9 Å². The highest BCUT2D eigenvalue weighted by Crippen LogP contribution is 2.36. The van der Waals surface area contributed by atoms with Crippen LogP contribution in [0.3, 0.4) is 0 Å². The molecule has 0 saturated carbocycles. The van der Waals surface area contributed by atoms with E-state index < -0.39 is 0 Å². The van der Waals surface area contributed by atoms with Crippen LogP contribution in [0.15, 0.2) is 46.0 Å². The highest BCUT2D eigenvalue weighted by atomic mass is 79.9. The lowest BCUT2D eigenvalue weighted by Gasteiger charge is -2.14. The summed E-state index contributed by atoms with van der Waals surface area (Å²) in [6.45, 7) is 1.21. The van der Waals surface area contributed by atoms with Crippen LogP contribution in [-0.2, 0) is 13.1 Å². The Hall–Kier alpha value is -2.28. The summed E-state index contributed by atoms with van der Waals surface area (Å²) in [6.07, 6.45) is 1.77. The van der Waals surface area contributed by atoms with Gasteiger partial charge in [0.15, 0.2) is 17.5 Å². The van der Waals surface area contributed by atoms with Gasteiger partial charge in [-0.1, -0.05) is 6.07 Å². The molecule has 0 fully saturated rings. The number of aromatic nitrogens is 1. The molecule has 2 rings (SSSR count). The Bertz CT molecular complexity index is 692. The van der Waals surface area contributed by atoms with Gasteiger partial charge in [0.25, 0.3) is 0 Å². The van der Waals surface area contributed by atoms with Crippen LogP contribution in [0.4, 0.5) is 0 Å². The van der Waals surface area contributed by atoms with Crippen LogP contribution < -0.4 is 20.1 Å². The van der Waals surface area contributed by atoms with E-state index in [2.05, 4.69) is 36.5 Å². The molecule has 0 unspecified atom stereocenters. The molecule has 128 valence electrons. The van der Waals surface area contributed by atoms with Gasteiger partial charge in [0.1, 0.15) is 0 Å². The molecular weight excluding hydrogens is 372 g/mol. The molecule has 2 N–H and O–H groups in total. The standard InChI is InChI=1S/C17H21BrN4O2/c1-19-17(22-11-13-6-4-5-7-20-13)21-10-12-8-14(18)16(24-3)15(9-12)23-2/h4-9H,10-11H2,1-3H3,(H2,19,21,22). The summed E-state index contributed by atoms with van der Waals surface area (Å²) >= 11 is 3.50. The second-order valence-corrected chi connectivity index (χ2v) is 5.77. The normalized spacial score (nSPS) is 11.1. The van der Waals surface area contributed by atoms with Crippen LogP contribution in [0.5, 0.6) is 11.5 Å². The Morgan fingerprint density at radius 1 is 1.17 bits per heavy atom. The number of hydrogen-bond donors (Lipinski definition) is 2. The predicted molar refractivity (Wildman–Crippen MR) is 98.5 cm³/mol. The van der Waals surface area contributed by atoms with Crippen molar-refractivity contribution in [3.63, 3.8) is 0 Å². The molecule has 0 aliphatic carbocycles. The van der Waals surface area contributed by atoms with Crippen molar-refractivity contribution in [2.45, 2.75) is 13.1 Å². The van der Waals surface area contributed by atoms with Crippen molar-refractivity contribution in [3.8, 4) is 11.5 Å². The number of guanidine groups is 1. The second kappa shape index (κ2) is 9.12. The molecule has 1 heterocycles. The Morgan fingerprint density at radius 3 is 2.58 bits per heavy atom. The first-order valence-corrected chi connectivity index (χ1v) is 8.22. The first-order valence-electron chi connectivity index (χ1n) is 7.42. The molecule has 1 aromatic carbocycles. The van der Waals surface area contributed by atoms with Crippen molar-refractivity contribution in [2.24, 2.45) is 4.99 Å². The fraction of sp³-hybridized carbons (Fsp3) is 0.294. The molecule has 1 aromatic heterocycles. The number of benzene rings is 1. The third-order valence-electron chi connectivity index (χ3n) is 3.34. The Labute approximate surface area is 150 Å². The van der Waals surface area contributed by atoms with E-state index in [-0.39, 0.29) is 0 Å². The summed E-state index contributed by atoms with van der Waals surface area (Å²) < 4.78 is 11.5. The minimum Gasteiger partial charge on any atom is -0.493 e. The highest BCUT2D eigenvalue weighted by Gasteiger charge is 2.10. The number of pyridine rings is 1. The number of hydrogen-bond acceptors (Lipinski definition) is 4. The highest BCUT2D eigenvalue weighted by molar-refractivity contribution is 9.10. The van der Waals surface area contributed by atoms with Gasteiger partial charge >= 0.3 is 0 Å². The smallest absolute Gasteiger partial charge is 0.191 e. The maximum Gasteiger partial charge on any atom is 0.191 e. The van der Waals surface area contributed by atoms with Gasteiger partial charge in [-0.05, 0) is 45.8 Å². The number of ether oxygens (including phenoxy) is 2. The SMILES string of the molecule is CN=C(NCc1cc(Br)c(OC)c(OC)c1)NCc1ccccn1. The maximum absolute atomic E-state index is 5.36. The number of nitrogens with one attached hydrogen (secondary N) is 2. The van der Waals surface area contributed by atoms with Crippen molar-refractivity contribution >= 4 is 21.9 Å².